The molecule has 0 aromatic carbocycles. The highest BCUT2D eigenvalue weighted by atomic mass is 32.2. The van der Waals surface area contributed by atoms with E-state index in [4.69, 9.17) is 4.74 Å². The summed E-state index contributed by atoms with van der Waals surface area (Å²) in [6.45, 7) is 7.12. The fourth-order valence-corrected chi connectivity index (χ4v) is 5.14. The molecule has 1 aliphatic heterocycles. The summed E-state index contributed by atoms with van der Waals surface area (Å²) < 4.78 is 36.5. The maximum absolute atomic E-state index is 13.0. The third kappa shape index (κ3) is 4.41. The van der Waals surface area contributed by atoms with Crippen molar-refractivity contribution in [1.29, 1.82) is 0 Å². The Morgan fingerprint density at radius 3 is 2.85 bits per heavy atom. The monoisotopic (exact) mass is 395 g/mol. The van der Waals surface area contributed by atoms with Crippen LogP contribution in [0.2, 0.25) is 0 Å². The molecule has 1 saturated heterocycles. The minimum Gasteiger partial charge on any atom is -0.383 e. The number of methoxy groups -OCH3 is 1. The predicted octanol–water partition coefficient (Wildman–Crippen LogP) is 1.70. The molecule has 150 valence electrons. The van der Waals surface area contributed by atoms with Crippen molar-refractivity contribution >= 4 is 10.0 Å². The van der Waals surface area contributed by atoms with Gasteiger partial charge >= 0.3 is 0 Å². The van der Waals surface area contributed by atoms with E-state index in [1.165, 1.54) is 6.20 Å². The van der Waals surface area contributed by atoms with E-state index in [9.17, 15) is 8.42 Å². The first-order chi connectivity index (χ1) is 13.0. The van der Waals surface area contributed by atoms with Gasteiger partial charge in [0.15, 0.2) is 0 Å². The number of imidazole rings is 1. The number of aromatic nitrogens is 4. The Hall–Kier alpha value is -1.71. The minimum atomic E-state index is -3.49. The number of rotatable bonds is 8. The van der Waals surface area contributed by atoms with Crippen molar-refractivity contribution in [3.05, 3.63) is 30.1 Å². The molecule has 1 unspecified atom stereocenters. The highest BCUT2D eigenvalue weighted by Gasteiger charge is 2.31. The van der Waals surface area contributed by atoms with E-state index >= 15 is 0 Å². The van der Waals surface area contributed by atoms with Gasteiger partial charge in [-0.25, -0.2) is 13.4 Å². The molecule has 0 saturated carbocycles. The molecule has 27 heavy (non-hydrogen) atoms. The molecule has 2 aromatic rings. The molecular formula is C18H29N5O3S. The van der Waals surface area contributed by atoms with Gasteiger partial charge in [0.25, 0.3) is 0 Å². The van der Waals surface area contributed by atoms with Crippen LogP contribution in [0.5, 0.6) is 0 Å². The Kier molecular flexibility index (Phi) is 6.33. The van der Waals surface area contributed by atoms with Crippen LogP contribution in [0.25, 0.3) is 0 Å². The highest BCUT2D eigenvalue weighted by Crippen LogP contribution is 2.26. The molecule has 1 fully saturated rings. The Morgan fingerprint density at radius 1 is 1.33 bits per heavy atom. The molecule has 1 aliphatic rings. The lowest BCUT2D eigenvalue weighted by atomic mass is 9.96. The van der Waals surface area contributed by atoms with Crippen LogP contribution in [0.3, 0.4) is 0 Å². The molecule has 1 atom stereocenters. The van der Waals surface area contributed by atoms with Crippen LogP contribution >= 0.6 is 0 Å². The number of sulfonamides is 1. The topological polar surface area (TPSA) is 82.2 Å². The van der Waals surface area contributed by atoms with E-state index in [2.05, 4.69) is 14.6 Å². The lowest BCUT2D eigenvalue weighted by Crippen LogP contribution is -2.40. The largest absolute Gasteiger partial charge is 0.383 e. The summed E-state index contributed by atoms with van der Waals surface area (Å²) in [7, 11) is -1.80. The summed E-state index contributed by atoms with van der Waals surface area (Å²) in [6.07, 6.45) is 7.59. The third-order valence-electron chi connectivity index (χ3n) is 5.18. The fraction of sp³-hybridized carbons (Fsp3) is 0.667. The molecular weight excluding hydrogens is 366 g/mol. The Labute approximate surface area is 161 Å². The summed E-state index contributed by atoms with van der Waals surface area (Å²) in [5.41, 5.74) is 1.11. The van der Waals surface area contributed by atoms with Crippen molar-refractivity contribution in [2.75, 3.05) is 26.8 Å². The third-order valence-corrected chi connectivity index (χ3v) is 7.00. The molecule has 3 heterocycles. The van der Waals surface area contributed by atoms with Crippen LogP contribution in [-0.2, 0) is 34.3 Å². The first-order valence-electron chi connectivity index (χ1n) is 9.48. The summed E-state index contributed by atoms with van der Waals surface area (Å²) in [5, 5.41) is 4.11. The van der Waals surface area contributed by atoms with Crippen molar-refractivity contribution in [2.24, 2.45) is 5.92 Å². The maximum Gasteiger partial charge on any atom is 0.246 e. The Balaban J connectivity index is 1.71. The zero-order valence-electron chi connectivity index (χ0n) is 16.3. The molecule has 0 N–H and O–H groups in total. The second-order valence-corrected chi connectivity index (χ2v) is 9.01. The summed E-state index contributed by atoms with van der Waals surface area (Å²) in [4.78, 5) is 4.83. The van der Waals surface area contributed by atoms with Gasteiger partial charge in [-0.3, -0.25) is 4.68 Å². The first kappa shape index (κ1) is 20.0. The lowest BCUT2D eigenvalue weighted by molar-refractivity contribution is 0.184. The molecule has 3 rings (SSSR count). The second kappa shape index (κ2) is 8.53. The van der Waals surface area contributed by atoms with Crippen molar-refractivity contribution in [2.45, 2.75) is 51.1 Å². The smallest absolute Gasteiger partial charge is 0.246 e. The van der Waals surface area contributed by atoms with Crippen molar-refractivity contribution < 1.29 is 13.2 Å². The van der Waals surface area contributed by atoms with Crippen molar-refractivity contribution in [3.8, 4) is 0 Å². The van der Waals surface area contributed by atoms with Crippen LogP contribution in [0.4, 0.5) is 0 Å². The van der Waals surface area contributed by atoms with Gasteiger partial charge in [0.2, 0.25) is 10.0 Å². The average Bonchev–Trinajstić information content (AvgIpc) is 3.28. The molecule has 0 amide bonds. The summed E-state index contributed by atoms with van der Waals surface area (Å²) >= 11 is 0. The van der Waals surface area contributed by atoms with Crippen LogP contribution in [0.15, 0.2) is 23.5 Å². The quantitative estimate of drug-likeness (QED) is 0.679. The normalized spacial score (nSPS) is 18.9. The number of hydrogen-bond acceptors (Lipinski definition) is 5. The van der Waals surface area contributed by atoms with Gasteiger partial charge in [0.1, 0.15) is 10.7 Å². The first-order valence-corrected chi connectivity index (χ1v) is 10.9. The number of nitrogens with zero attached hydrogens (tertiary/aromatic N) is 5. The van der Waals surface area contributed by atoms with Crippen LogP contribution in [0.1, 0.15) is 31.3 Å². The number of hydrogen-bond donors (Lipinski definition) is 0. The van der Waals surface area contributed by atoms with Gasteiger partial charge in [0.05, 0.1) is 12.8 Å². The molecule has 8 nitrogen and oxygen atoms in total. The molecule has 0 radical (unpaired) electrons. The van der Waals surface area contributed by atoms with Crippen LogP contribution in [-0.4, -0.2) is 58.9 Å². The molecule has 0 spiro atoms. The number of aryl methyl sites for hydroxylation is 2. The SMILES string of the molecule is CCn1cc(S(=O)(=O)N2CCCC(Cc3ncc(C)n3CCOC)C2)cn1. The predicted molar refractivity (Wildman–Crippen MR) is 102 cm³/mol. The zero-order valence-corrected chi connectivity index (χ0v) is 17.2. The Morgan fingerprint density at radius 2 is 2.15 bits per heavy atom. The van der Waals surface area contributed by atoms with Gasteiger partial charge in [-0.05, 0) is 32.6 Å². The lowest BCUT2D eigenvalue weighted by Gasteiger charge is -2.31. The maximum atomic E-state index is 13.0. The van der Waals surface area contributed by atoms with E-state index in [-0.39, 0.29) is 10.8 Å². The fourth-order valence-electron chi connectivity index (χ4n) is 3.63. The van der Waals surface area contributed by atoms with Gasteiger partial charge in [0, 0.05) is 57.8 Å². The van der Waals surface area contributed by atoms with Gasteiger partial charge in [-0.15, -0.1) is 0 Å². The zero-order chi connectivity index (χ0) is 19.4. The molecule has 0 aliphatic carbocycles. The van der Waals surface area contributed by atoms with E-state index in [0.29, 0.717) is 26.2 Å². The second-order valence-electron chi connectivity index (χ2n) is 7.07. The molecule has 2 aromatic heterocycles. The number of piperidine rings is 1. The summed E-state index contributed by atoms with van der Waals surface area (Å²) in [5.74, 6) is 1.27. The minimum absolute atomic E-state index is 0.262. The van der Waals surface area contributed by atoms with Crippen LogP contribution < -0.4 is 0 Å². The van der Waals surface area contributed by atoms with E-state index in [0.717, 1.165) is 37.3 Å². The van der Waals surface area contributed by atoms with Crippen molar-refractivity contribution in [1.82, 2.24) is 23.6 Å². The van der Waals surface area contributed by atoms with Gasteiger partial charge < -0.3 is 9.30 Å². The van der Waals surface area contributed by atoms with Gasteiger partial charge in [-0.2, -0.15) is 9.40 Å². The molecule has 0 bridgehead atoms. The van der Waals surface area contributed by atoms with E-state index < -0.39 is 10.0 Å². The average molecular weight is 396 g/mol. The summed E-state index contributed by atoms with van der Waals surface area (Å²) in [6, 6.07) is 0. The van der Waals surface area contributed by atoms with Crippen LogP contribution in [0, 0.1) is 12.8 Å². The molecule has 9 heteroatoms. The van der Waals surface area contributed by atoms with Gasteiger partial charge in [-0.1, -0.05) is 0 Å². The van der Waals surface area contributed by atoms with Crippen molar-refractivity contribution in [3.63, 3.8) is 0 Å². The number of ether oxygens (including phenoxy) is 1. The Bertz CT molecular complexity index is 858. The standard InChI is InChI=1S/C18H29N5O3S/c1-4-21-14-17(12-20-21)27(24,25)22-7-5-6-16(13-22)10-18-19-11-15(2)23(18)8-9-26-3/h11-12,14,16H,4-10,13H2,1-3H3. The van der Waals surface area contributed by atoms with E-state index in [1.54, 1.807) is 22.3 Å². The highest BCUT2D eigenvalue weighted by molar-refractivity contribution is 7.89. The van der Waals surface area contributed by atoms with E-state index in [1.807, 2.05) is 20.0 Å².